The van der Waals surface area contributed by atoms with Gasteiger partial charge < -0.3 is 30.6 Å². The molecule has 1 atom stereocenters. The van der Waals surface area contributed by atoms with Crippen LogP contribution in [0.25, 0.3) is 27.3 Å². The van der Waals surface area contributed by atoms with Gasteiger partial charge in [-0.25, -0.2) is 4.39 Å². The van der Waals surface area contributed by atoms with Crippen LogP contribution < -0.4 is 20.8 Å². The average molecular weight is 597 g/mol. The van der Waals surface area contributed by atoms with Crippen LogP contribution >= 0.6 is 11.3 Å². The molecule has 5 heterocycles. The van der Waals surface area contributed by atoms with Crippen LogP contribution in [0.3, 0.4) is 0 Å². The fourth-order valence-corrected chi connectivity index (χ4v) is 5.99. The lowest BCUT2D eigenvalue weighted by Gasteiger charge is -2.36. The average Bonchev–Trinajstić information content (AvgIpc) is 3.74. The quantitative estimate of drug-likeness (QED) is 0.193. The summed E-state index contributed by atoms with van der Waals surface area (Å²) in [6.07, 6.45) is 0.490. The molecule has 1 fully saturated rings. The third kappa shape index (κ3) is 5.34. The Hall–Kier alpha value is -4.31. The molecule has 15 heteroatoms. The lowest BCUT2D eigenvalue weighted by molar-refractivity contribution is 0.0801. The molecule has 1 aromatic carbocycles. The molecule has 0 bridgehead atoms. The van der Waals surface area contributed by atoms with E-state index in [0.717, 1.165) is 11.3 Å². The number of hydrogen-bond donors (Lipinski definition) is 4. The summed E-state index contributed by atoms with van der Waals surface area (Å²) < 4.78 is 24.2. The van der Waals surface area contributed by atoms with Crippen molar-refractivity contribution in [3.05, 3.63) is 63.7 Å². The number of thiazole rings is 1. The lowest BCUT2D eigenvalue weighted by atomic mass is 10.1. The summed E-state index contributed by atoms with van der Waals surface area (Å²) in [5.41, 5.74) is 8.54. The van der Waals surface area contributed by atoms with E-state index in [1.165, 1.54) is 16.6 Å². The first-order valence-electron chi connectivity index (χ1n) is 13.4. The number of piperazine rings is 1. The second kappa shape index (κ2) is 11.5. The minimum Gasteiger partial charge on any atom is -0.463 e. The van der Waals surface area contributed by atoms with E-state index in [1.807, 2.05) is 11.0 Å². The Morgan fingerprint density at radius 1 is 1.19 bits per heavy atom. The SMILES string of the molecule is Nc1nc2c(sc(=O)n2CCN2CCN(c3ccc(C(=O)NCC(O)CO)cc3F)CC2)c2cc(-c3ccco3)nn12. The van der Waals surface area contributed by atoms with E-state index in [-0.39, 0.29) is 22.9 Å². The molecule has 0 saturated carbocycles. The highest BCUT2D eigenvalue weighted by molar-refractivity contribution is 7.17. The van der Waals surface area contributed by atoms with Gasteiger partial charge in [0.25, 0.3) is 5.91 Å². The molecule has 1 aliphatic rings. The number of nitrogens with two attached hydrogens (primary N) is 1. The van der Waals surface area contributed by atoms with Crippen LogP contribution in [0.1, 0.15) is 10.4 Å². The second-order valence-electron chi connectivity index (χ2n) is 9.99. The standard InChI is InChI=1S/C27H29FN8O5S/c28-18-12-16(25(39)30-14-17(38)15-37)3-4-20(18)34-8-5-33(6-9-34)7-10-35-24-23(42-27(35)40)21-13-19(22-2-1-11-41-22)32-36(21)26(29)31-24/h1-4,11-13,17,37-38H,5-10,14-15H2,(H2,29,31)(H,30,39). The highest BCUT2D eigenvalue weighted by Crippen LogP contribution is 2.28. The number of nitrogens with one attached hydrogen (secondary N) is 1. The number of carbonyl (C=O) groups is 1. The van der Waals surface area contributed by atoms with Gasteiger partial charge in [-0.1, -0.05) is 11.3 Å². The summed E-state index contributed by atoms with van der Waals surface area (Å²) in [4.78, 5) is 33.7. The van der Waals surface area contributed by atoms with E-state index < -0.39 is 24.4 Å². The number of nitrogens with zero attached hydrogens (tertiary/aromatic N) is 6. The number of furan rings is 1. The van der Waals surface area contributed by atoms with Crippen molar-refractivity contribution < 1.29 is 23.8 Å². The largest absolute Gasteiger partial charge is 0.463 e. The van der Waals surface area contributed by atoms with Crippen molar-refractivity contribution in [2.45, 2.75) is 12.6 Å². The maximum Gasteiger partial charge on any atom is 0.309 e. The maximum atomic E-state index is 14.9. The third-order valence-corrected chi connectivity index (χ3v) is 8.28. The van der Waals surface area contributed by atoms with Gasteiger partial charge in [0, 0.05) is 51.4 Å². The Bertz CT molecular complexity index is 1790. The molecule has 1 amide bonds. The Kier molecular flexibility index (Phi) is 7.64. The van der Waals surface area contributed by atoms with E-state index in [0.29, 0.717) is 72.3 Å². The summed E-state index contributed by atoms with van der Waals surface area (Å²) >= 11 is 1.10. The van der Waals surface area contributed by atoms with Gasteiger partial charge in [0.1, 0.15) is 16.2 Å². The van der Waals surface area contributed by atoms with Gasteiger partial charge in [0.05, 0.1) is 30.2 Å². The number of anilines is 2. The van der Waals surface area contributed by atoms with E-state index in [1.54, 1.807) is 29.0 Å². The van der Waals surface area contributed by atoms with Crippen LogP contribution in [0.4, 0.5) is 16.0 Å². The molecule has 0 aliphatic carbocycles. The number of rotatable bonds is 9. The Morgan fingerprint density at radius 2 is 2.00 bits per heavy atom. The van der Waals surface area contributed by atoms with Crippen LogP contribution in [0.15, 0.2) is 51.9 Å². The first-order valence-corrected chi connectivity index (χ1v) is 14.2. The van der Waals surface area contributed by atoms with Gasteiger partial charge in [-0.3, -0.25) is 19.1 Å². The molecule has 1 unspecified atom stereocenters. The highest BCUT2D eigenvalue weighted by Gasteiger charge is 2.22. The van der Waals surface area contributed by atoms with Crippen LogP contribution in [0, 0.1) is 5.82 Å². The fraction of sp³-hybridized carbons (Fsp3) is 0.333. The van der Waals surface area contributed by atoms with Gasteiger partial charge >= 0.3 is 4.87 Å². The van der Waals surface area contributed by atoms with E-state index in [9.17, 15) is 19.1 Å². The third-order valence-electron chi connectivity index (χ3n) is 7.29. The molecule has 1 aliphatic heterocycles. The molecule has 5 aromatic rings. The molecule has 220 valence electrons. The monoisotopic (exact) mass is 596 g/mol. The molecule has 42 heavy (non-hydrogen) atoms. The van der Waals surface area contributed by atoms with Crippen molar-refractivity contribution in [2.75, 3.05) is 56.5 Å². The number of hydrogen-bond acceptors (Lipinski definition) is 11. The van der Waals surface area contributed by atoms with Crippen LogP contribution in [-0.4, -0.2) is 92.2 Å². The van der Waals surface area contributed by atoms with Crippen molar-refractivity contribution in [1.29, 1.82) is 0 Å². The number of carbonyl (C=O) groups excluding carboxylic acids is 1. The number of aromatic nitrogens is 4. The molecular weight excluding hydrogens is 567 g/mol. The minimum atomic E-state index is -1.07. The van der Waals surface area contributed by atoms with Gasteiger partial charge in [-0.2, -0.15) is 14.6 Å². The zero-order chi connectivity index (χ0) is 29.4. The zero-order valence-corrected chi connectivity index (χ0v) is 23.3. The van der Waals surface area contributed by atoms with E-state index in [2.05, 4.69) is 20.3 Å². The Labute approximate surface area is 242 Å². The summed E-state index contributed by atoms with van der Waals surface area (Å²) in [5.74, 6) is -0.283. The Balaban J connectivity index is 1.10. The number of benzene rings is 1. The van der Waals surface area contributed by atoms with Crippen LogP contribution in [-0.2, 0) is 6.54 Å². The first-order chi connectivity index (χ1) is 20.3. The number of fused-ring (bicyclic) bond motifs is 3. The van der Waals surface area contributed by atoms with Crippen molar-refractivity contribution in [3.8, 4) is 11.5 Å². The molecule has 6 rings (SSSR count). The van der Waals surface area contributed by atoms with Crippen LogP contribution in [0.5, 0.6) is 0 Å². The minimum absolute atomic E-state index is 0.127. The molecular formula is C27H29FN8O5S. The normalized spacial score (nSPS) is 15.1. The number of nitrogen functional groups attached to an aromatic ring is 1. The topological polar surface area (TPSA) is 167 Å². The highest BCUT2D eigenvalue weighted by atomic mass is 32.1. The Morgan fingerprint density at radius 3 is 2.71 bits per heavy atom. The smallest absolute Gasteiger partial charge is 0.309 e. The number of aliphatic hydroxyl groups excluding tert-OH is 2. The summed E-state index contributed by atoms with van der Waals surface area (Å²) in [7, 11) is 0. The molecule has 5 N–H and O–H groups in total. The van der Waals surface area contributed by atoms with Gasteiger partial charge in [-0.15, -0.1) is 0 Å². The van der Waals surface area contributed by atoms with E-state index in [4.69, 9.17) is 15.3 Å². The molecule has 4 aromatic heterocycles. The maximum absolute atomic E-state index is 14.9. The lowest BCUT2D eigenvalue weighted by Crippen LogP contribution is -2.47. The van der Waals surface area contributed by atoms with Crippen molar-refractivity contribution in [1.82, 2.24) is 29.4 Å². The first kappa shape index (κ1) is 27.8. The summed E-state index contributed by atoms with van der Waals surface area (Å²) in [6, 6.07) is 9.68. The fourth-order valence-electron chi connectivity index (χ4n) is 5.03. The molecule has 0 spiro atoms. The number of amides is 1. The predicted octanol–water partition coefficient (Wildman–Crippen LogP) is 0.992. The zero-order valence-electron chi connectivity index (χ0n) is 22.4. The van der Waals surface area contributed by atoms with Crippen LogP contribution in [0.2, 0.25) is 0 Å². The van der Waals surface area contributed by atoms with Crippen molar-refractivity contribution >= 4 is 44.7 Å². The molecule has 0 radical (unpaired) electrons. The summed E-state index contributed by atoms with van der Waals surface area (Å²) in [6.45, 7) is 2.88. The van der Waals surface area contributed by atoms with Gasteiger partial charge in [-0.05, 0) is 36.4 Å². The summed E-state index contributed by atoms with van der Waals surface area (Å²) in [5, 5.41) is 25.2. The van der Waals surface area contributed by atoms with E-state index >= 15 is 0 Å². The van der Waals surface area contributed by atoms with Gasteiger partial charge in [0.15, 0.2) is 11.4 Å². The molecule has 13 nitrogen and oxygen atoms in total. The van der Waals surface area contributed by atoms with Crippen molar-refractivity contribution in [3.63, 3.8) is 0 Å². The number of aliphatic hydroxyl groups is 2. The van der Waals surface area contributed by atoms with Crippen molar-refractivity contribution in [2.24, 2.45) is 0 Å². The van der Waals surface area contributed by atoms with Gasteiger partial charge in [0.2, 0.25) is 5.95 Å². The second-order valence-corrected chi connectivity index (χ2v) is 10.9. The number of halogens is 1. The molecule has 1 saturated heterocycles. The predicted molar refractivity (Wildman–Crippen MR) is 155 cm³/mol.